The molecule has 5 aliphatic rings. The lowest BCUT2D eigenvalue weighted by Gasteiger charge is -2.20. The molecule has 11 heterocycles. The molecule has 18 rings (SSSR count). The van der Waals surface area contributed by atoms with Gasteiger partial charge in [0.1, 0.15) is 59.5 Å². The minimum Gasteiger partial charge on any atom is -0.497 e. The minimum absolute atomic E-state index is 0.0621. The summed E-state index contributed by atoms with van der Waals surface area (Å²) in [6, 6.07) is 25.0. The molecule has 2 aromatic carbocycles. The Hall–Kier alpha value is -12.2. The molecule has 0 bridgehead atoms. The maximum atomic E-state index is 13.4. The molecule has 11 aromatic heterocycles. The van der Waals surface area contributed by atoms with Crippen LogP contribution >= 0.6 is 0 Å². The summed E-state index contributed by atoms with van der Waals surface area (Å²) in [5.74, 6) is 7.28. The van der Waals surface area contributed by atoms with Crippen molar-refractivity contribution in [1.29, 1.82) is 0 Å². The Morgan fingerprint density at radius 1 is 0.419 bits per heavy atom. The summed E-state index contributed by atoms with van der Waals surface area (Å²) < 4.78 is 67.3. The number of fused-ring (bicyclic) bond motifs is 5. The van der Waals surface area contributed by atoms with E-state index in [9.17, 15) is 23.6 Å². The zero-order valence-corrected chi connectivity index (χ0v) is 68.3. The van der Waals surface area contributed by atoms with Crippen LogP contribution in [0.15, 0.2) is 122 Å². The smallest absolute Gasteiger partial charge is 0.225 e. The van der Waals surface area contributed by atoms with E-state index >= 15 is 0 Å². The molecule has 0 radical (unpaired) electrons. The van der Waals surface area contributed by atoms with Crippen LogP contribution in [0.5, 0.6) is 46.5 Å². The number of carbonyl (C=O) groups is 4. The number of aromatic amines is 1. The third kappa shape index (κ3) is 17.9. The van der Waals surface area contributed by atoms with Crippen LogP contribution in [-0.2, 0) is 47.4 Å². The Balaban J connectivity index is 0.000000122. The molecule has 9 atom stereocenters. The van der Waals surface area contributed by atoms with E-state index in [1.54, 1.807) is 65.5 Å². The van der Waals surface area contributed by atoms with Crippen LogP contribution < -0.4 is 37.9 Å². The molecule has 0 amide bonds. The van der Waals surface area contributed by atoms with Crippen LogP contribution in [-0.4, -0.2) is 150 Å². The molecule has 5 fully saturated rings. The van der Waals surface area contributed by atoms with Gasteiger partial charge in [0.25, 0.3) is 0 Å². The number of nitrogens with one attached hydrogen (secondary N) is 1. The number of pyridine rings is 6. The largest absolute Gasteiger partial charge is 0.497 e. The number of carbonyl (C=O) groups excluding carboxylic acids is 4. The maximum absolute atomic E-state index is 13.4. The number of H-pyrrole nitrogens is 1. The van der Waals surface area contributed by atoms with Gasteiger partial charge >= 0.3 is 0 Å². The number of alkyl halides is 1. The van der Waals surface area contributed by atoms with Crippen molar-refractivity contribution in [1.82, 2.24) is 74.0 Å². The summed E-state index contributed by atoms with van der Waals surface area (Å²) in [7, 11) is 13.9. The van der Waals surface area contributed by atoms with E-state index < -0.39 is 6.17 Å². The third-order valence-corrected chi connectivity index (χ3v) is 23.0. The summed E-state index contributed by atoms with van der Waals surface area (Å²) in [5.41, 5.74) is 12.2. The van der Waals surface area contributed by atoms with Gasteiger partial charge in [-0.25, -0.2) is 24.3 Å². The summed E-state index contributed by atoms with van der Waals surface area (Å²) in [6.07, 6.45) is 22.4. The second-order valence-electron chi connectivity index (χ2n) is 31.5. The van der Waals surface area contributed by atoms with Crippen molar-refractivity contribution in [2.75, 3.05) is 28.4 Å². The molecule has 0 aliphatic heterocycles. The van der Waals surface area contributed by atoms with Crippen molar-refractivity contribution >= 4 is 77.6 Å². The first-order chi connectivity index (χ1) is 56.4. The van der Waals surface area contributed by atoms with Crippen LogP contribution in [0.2, 0.25) is 0 Å². The highest BCUT2D eigenvalue weighted by Gasteiger charge is 2.34. The SMILES string of the molecule is CC(F)c1ccc(-c2cc3nn(C)cc3c(O[C@H](C)[C@H]3CCC(=O)C3)n2)cn1.COc1cc(-c2cc3nn(C)cc3c(O[C@H](C)[C@H]3CCC(=O)C3)n2)cc(OC)c1OC.COc1ccc2[nH]cc(-c3cc4nn(C)cc4c(O[C@H](C)[C@H]4CCC(=O)C4)n3)c2c1.C[C@@H](Oc1nc(-c2ccc(C3CC3)nc2)cc2nn(C)cc12)[C@H]1CCC(=O)C1. The third-order valence-electron chi connectivity index (χ3n) is 23.0. The van der Waals surface area contributed by atoms with Gasteiger partial charge in [0, 0.05) is 191 Å². The van der Waals surface area contributed by atoms with E-state index in [4.69, 9.17) is 57.8 Å². The summed E-state index contributed by atoms with van der Waals surface area (Å²) >= 11 is 0. The average molecular weight is 1590 g/mol. The van der Waals surface area contributed by atoms with Crippen LogP contribution in [0.25, 0.3) is 99.5 Å². The Morgan fingerprint density at radius 3 is 1.14 bits per heavy atom. The predicted molar refractivity (Wildman–Crippen MR) is 441 cm³/mol. The standard InChI is InChI=1S/C23H24N4O3.C23H27N3O5.C22H24N4O2.C21H23FN4O2/c1-13(14-4-5-15(28)8-14)30-23-19-12-27(2)26-22(19)10-21(25-23)18-11-24-20-7-6-16(29-3)9-17(18)20;1-13(14-6-7-16(27)8-14)31-23-17-12-26(2)25-19(17)11-18(24-23)15-9-20(28-3)22(30-5)21(10-15)29-4;1-13(15-5-7-17(27)9-15)28-22-18-12-26(2)25-21(18)10-20(24-22)16-6-8-19(23-11-16)14-3-4-14;1-12(22)18-7-5-15(10-23-18)19-9-20-17(11-26(3)25-20)21(24-19)28-13(2)14-4-6-16(27)8-14/h6-7,9-14,24H,4-5,8H2,1-3H3;9-14H,6-8H2,1-5H3;6,8,10-15H,3-5,7,9H2,1-2H3;5,7,9-14H,4,6,8H2,1-3H3/t2*13-,14+;13-,15+;12?,13-,14+/m1111/s1. The van der Waals surface area contributed by atoms with Gasteiger partial charge in [-0.15, -0.1) is 0 Å². The molecule has 27 nitrogen and oxygen atoms in total. The monoisotopic (exact) mass is 1590 g/mol. The van der Waals surface area contributed by atoms with E-state index in [-0.39, 0.29) is 48.1 Å². The Kier molecular flexibility index (Phi) is 23.4. The average Bonchev–Trinajstić information content (AvgIpc) is 1.63. The molecular weight excluding hydrogens is 1490 g/mol. The van der Waals surface area contributed by atoms with Crippen molar-refractivity contribution in [3.05, 3.63) is 134 Å². The Bertz CT molecular complexity index is 5660. The molecule has 5 aliphatic carbocycles. The summed E-state index contributed by atoms with van der Waals surface area (Å²) in [4.78, 5) is 78.0. The molecule has 0 saturated heterocycles. The molecule has 117 heavy (non-hydrogen) atoms. The topological polar surface area (TPSA) is 307 Å². The number of benzene rings is 2. The first-order valence-electron chi connectivity index (χ1n) is 40.1. The number of ketones is 4. The molecule has 28 heteroatoms. The Morgan fingerprint density at radius 2 is 0.803 bits per heavy atom. The van der Waals surface area contributed by atoms with Gasteiger partial charge in [0.05, 0.1) is 101 Å². The van der Waals surface area contributed by atoms with Crippen molar-refractivity contribution < 1.29 is 61.5 Å². The highest BCUT2D eigenvalue weighted by molar-refractivity contribution is 5.98. The fourth-order valence-electron chi connectivity index (χ4n) is 16.1. The fraction of sp³-hybridized carbons (Fsp3) is 0.416. The second kappa shape index (κ2) is 34.3. The highest BCUT2D eigenvalue weighted by Crippen LogP contribution is 2.45. The van der Waals surface area contributed by atoms with Gasteiger partial charge in [0.2, 0.25) is 29.3 Å². The van der Waals surface area contributed by atoms with Crippen molar-refractivity contribution in [2.45, 2.75) is 161 Å². The number of methoxy groups -OCH3 is 4. The van der Waals surface area contributed by atoms with Crippen LogP contribution in [0.1, 0.15) is 148 Å². The fourth-order valence-corrected chi connectivity index (χ4v) is 16.1. The lowest BCUT2D eigenvalue weighted by Crippen LogP contribution is -2.22. The molecular formula is C89H98FN15O12. The first-order valence-corrected chi connectivity index (χ1v) is 40.1. The zero-order chi connectivity index (χ0) is 82.0. The van der Waals surface area contributed by atoms with Crippen molar-refractivity contribution in [2.24, 2.45) is 51.9 Å². The van der Waals surface area contributed by atoms with Crippen molar-refractivity contribution in [3.63, 3.8) is 0 Å². The number of ether oxygens (including phenoxy) is 8. The molecule has 1 unspecified atom stereocenters. The predicted octanol–water partition coefficient (Wildman–Crippen LogP) is 16.3. The number of halogens is 1. The number of aromatic nitrogens is 15. The van der Waals surface area contributed by atoms with Gasteiger partial charge in [-0.05, 0) is 152 Å². The van der Waals surface area contributed by atoms with E-state index in [1.807, 2.05) is 148 Å². The quantitative estimate of drug-likeness (QED) is 0.0659. The Labute approximate surface area is 676 Å². The van der Waals surface area contributed by atoms with Crippen LogP contribution in [0.4, 0.5) is 4.39 Å². The van der Waals surface area contributed by atoms with Crippen molar-refractivity contribution in [3.8, 4) is 91.5 Å². The van der Waals surface area contributed by atoms with E-state index in [1.165, 1.54) is 25.5 Å². The normalized spacial score (nSPS) is 18.6. The van der Waals surface area contributed by atoms with Gasteiger partial charge in [-0.2, -0.15) is 20.4 Å². The van der Waals surface area contributed by atoms with E-state index in [0.717, 1.165) is 120 Å². The van der Waals surface area contributed by atoms with Gasteiger partial charge < -0.3 is 42.9 Å². The zero-order valence-electron chi connectivity index (χ0n) is 68.3. The number of rotatable bonds is 22. The van der Waals surface area contributed by atoms with Gasteiger partial charge in [0.15, 0.2) is 11.5 Å². The maximum Gasteiger partial charge on any atom is 0.225 e. The highest BCUT2D eigenvalue weighted by atomic mass is 19.1. The van der Waals surface area contributed by atoms with E-state index in [2.05, 4.69) is 47.5 Å². The molecule has 5 saturated carbocycles. The van der Waals surface area contributed by atoms with Gasteiger partial charge in [-0.3, -0.25) is 47.9 Å². The molecule has 13 aromatic rings. The molecule has 1 N–H and O–H groups in total. The van der Waals surface area contributed by atoms with Gasteiger partial charge in [-0.1, -0.05) is 0 Å². The number of Topliss-reactive ketones (excluding diaryl/α,β-unsaturated/α-hetero) is 4. The van der Waals surface area contributed by atoms with Crippen LogP contribution in [0, 0.1) is 23.7 Å². The second-order valence-corrected chi connectivity index (χ2v) is 31.5. The number of aryl methyl sites for hydroxylation is 4. The minimum atomic E-state index is -1.12. The first kappa shape index (κ1) is 80.0. The van der Waals surface area contributed by atoms with E-state index in [0.29, 0.717) is 138 Å². The lowest BCUT2D eigenvalue weighted by molar-refractivity contribution is -0.118. The molecule has 0 spiro atoms. The summed E-state index contributed by atoms with van der Waals surface area (Å²) in [5, 5.41) is 22.6. The van der Waals surface area contributed by atoms with Crippen LogP contribution in [0.3, 0.4) is 0 Å². The number of nitrogens with zero attached hydrogens (tertiary/aromatic N) is 14. The number of hydrogen-bond donors (Lipinski definition) is 1. The molecule has 608 valence electrons. The number of hydrogen-bond acceptors (Lipinski definition) is 22. The lowest BCUT2D eigenvalue weighted by atomic mass is 10.0. The summed E-state index contributed by atoms with van der Waals surface area (Å²) in [6.45, 7) is 9.50.